The molecule has 0 radical (unpaired) electrons. The van der Waals surface area contributed by atoms with E-state index in [-0.39, 0.29) is 12.2 Å². The first-order valence-electron chi connectivity index (χ1n) is 5.92. The monoisotopic (exact) mass is 264 g/mol. The van der Waals surface area contributed by atoms with Crippen molar-refractivity contribution < 1.29 is 18.6 Å². The lowest BCUT2D eigenvalue weighted by molar-refractivity contribution is 0.189. The van der Waals surface area contributed by atoms with E-state index >= 15 is 0 Å². The fourth-order valence-electron chi connectivity index (χ4n) is 1.78. The van der Waals surface area contributed by atoms with Crippen molar-refractivity contribution in [2.75, 3.05) is 0 Å². The summed E-state index contributed by atoms with van der Waals surface area (Å²) in [5, 5.41) is 9.58. The quantitative estimate of drug-likeness (QED) is 0.914. The average molecular weight is 264 g/mol. The van der Waals surface area contributed by atoms with Crippen LogP contribution in [-0.4, -0.2) is 5.11 Å². The molecule has 0 aromatic heterocycles. The van der Waals surface area contributed by atoms with E-state index in [0.717, 1.165) is 0 Å². The van der Waals surface area contributed by atoms with Crippen LogP contribution >= 0.6 is 0 Å². The Morgan fingerprint density at radius 1 is 1.05 bits per heavy atom. The SMILES string of the molecule is C[C@@H](O)c1ccccc1OCc1c(F)cccc1F. The molecule has 19 heavy (non-hydrogen) atoms. The number of aliphatic hydroxyl groups excluding tert-OH is 1. The van der Waals surface area contributed by atoms with Gasteiger partial charge in [0.05, 0.1) is 11.7 Å². The van der Waals surface area contributed by atoms with E-state index in [2.05, 4.69) is 0 Å². The van der Waals surface area contributed by atoms with Crippen LogP contribution in [0.4, 0.5) is 8.78 Å². The Morgan fingerprint density at radius 3 is 2.32 bits per heavy atom. The number of halogens is 2. The predicted octanol–water partition coefficient (Wildman–Crippen LogP) is 3.60. The van der Waals surface area contributed by atoms with E-state index in [1.807, 2.05) is 0 Å². The maximum absolute atomic E-state index is 13.4. The zero-order chi connectivity index (χ0) is 13.8. The highest BCUT2D eigenvalue weighted by molar-refractivity contribution is 5.35. The fraction of sp³-hybridized carbons (Fsp3) is 0.200. The number of rotatable bonds is 4. The Hall–Kier alpha value is -1.94. The molecule has 2 aromatic carbocycles. The topological polar surface area (TPSA) is 29.5 Å². The van der Waals surface area contributed by atoms with Crippen LogP contribution in [-0.2, 0) is 6.61 Å². The normalized spacial score (nSPS) is 12.2. The van der Waals surface area contributed by atoms with Gasteiger partial charge in [0.15, 0.2) is 0 Å². The Bertz CT molecular complexity index is 548. The summed E-state index contributed by atoms with van der Waals surface area (Å²) in [6.45, 7) is 1.38. The third-order valence-corrected chi connectivity index (χ3v) is 2.80. The summed E-state index contributed by atoms with van der Waals surface area (Å²) in [5.74, 6) is -0.871. The van der Waals surface area contributed by atoms with E-state index in [9.17, 15) is 13.9 Å². The lowest BCUT2D eigenvalue weighted by atomic mass is 10.1. The molecule has 4 heteroatoms. The molecule has 2 nitrogen and oxygen atoms in total. The van der Waals surface area contributed by atoms with E-state index in [1.54, 1.807) is 31.2 Å². The minimum absolute atomic E-state index is 0.122. The number of para-hydroxylation sites is 1. The second-order valence-electron chi connectivity index (χ2n) is 4.20. The van der Waals surface area contributed by atoms with Crippen molar-refractivity contribution in [3.05, 3.63) is 65.2 Å². The molecule has 0 heterocycles. The van der Waals surface area contributed by atoms with Gasteiger partial charge in [0.2, 0.25) is 0 Å². The molecule has 0 aliphatic rings. The second kappa shape index (κ2) is 5.80. The minimum Gasteiger partial charge on any atom is -0.488 e. The molecule has 0 amide bonds. The van der Waals surface area contributed by atoms with Crippen LogP contribution in [0.2, 0.25) is 0 Å². The van der Waals surface area contributed by atoms with Crippen molar-refractivity contribution in [2.24, 2.45) is 0 Å². The van der Waals surface area contributed by atoms with Crippen LogP contribution in [0.3, 0.4) is 0 Å². The third-order valence-electron chi connectivity index (χ3n) is 2.80. The smallest absolute Gasteiger partial charge is 0.132 e. The Labute approximate surface area is 110 Å². The molecule has 2 aromatic rings. The molecule has 0 fully saturated rings. The first-order chi connectivity index (χ1) is 9.09. The van der Waals surface area contributed by atoms with Crippen molar-refractivity contribution in [3.8, 4) is 5.75 Å². The summed E-state index contributed by atoms with van der Waals surface area (Å²) in [6.07, 6.45) is -0.707. The molecule has 0 unspecified atom stereocenters. The van der Waals surface area contributed by atoms with Crippen molar-refractivity contribution in [1.82, 2.24) is 0 Å². The molecule has 0 saturated heterocycles. The summed E-state index contributed by atoms with van der Waals surface area (Å²) >= 11 is 0. The van der Waals surface area contributed by atoms with Gasteiger partial charge in [-0.05, 0) is 25.1 Å². The van der Waals surface area contributed by atoms with Gasteiger partial charge in [0.1, 0.15) is 24.0 Å². The number of aliphatic hydroxyl groups is 1. The summed E-state index contributed by atoms with van der Waals surface area (Å²) in [7, 11) is 0. The molecule has 2 rings (SSSR count). The predicted molar refractivity (Wildman–Crippen MR) is 67.8 cm³/mol. The van der Waals surface area contributed by atoms with E-state index in [1.165, 1.54) is 18.2 Å². The Morgan fingerprint density at radius 2 is 1.68 bits per heavy atom. The van der Waals surface area contributed by atoms with Crippen LogP contribution in [0.25, 0.3) is 0 Å². The lowest BCUT2D eigenvalue weighted by Crippen LogP contribution is -2.04. The van der Waals surface area contributed by atoms with Gasteiger partial charge in [-0.2, -0.15) is 0 Å². The molecular weight excluding hydrogens is 250 g/mol. The summed E-state index contributed by atoms with van der Waals surface area (Å²) < 4.78 is 32.3. The van der Waals surface area contributed by atoms with Crippen LogP contribution in [0.15, 0.2) is 42.5 Å². The van der Waals surface area contributed by atoms with Crippen molar-refractivity contribution in [2.45, 2.75) is 19.6 Å². The molecule has 0 aliphatic carbocycles. The van der Waals surface area contributed by atoms with Crippen LogP contribution in [0, 0.1) is 11.6 Å². The molecule has 1 atom stereocenters. The van der Waals surface area contributed by atoms with E-state index in [0.29, 0.717) is 11.3 Å². The van der Waals surface area contributed by atoms with Gasteiger partial charge in [-0.3, -0.25) is 0 Å². The van der Waals surface area contributed by atoms with Gasteiger partial charge in [0, 0.05) is 5.56 Å². The van der Waals surface area contributed by atoms with Gasteiger partial charge in [-0.15, -0.1) is 0 Å². The molecular formula is C15H14F2O2. The van der Waals surface area contributed by atoms with Gasteiger partial charge in [-0.25, -0.2) is 8.78 Å². The number of benzene rings is 2. The zero-order valence-electron chi connectivity index (χ0n) is 10.4. The molecule has 0 saturated carbocycles. The van der Waals surface area contributed by atoms with E-state index < -0.39 is 17.7 Å². The number of hydrogen-bond donors (Lipinski definition) is 1. The molecule has 0 bridgehead atoms. The summed E-state index contributed by atoms with van der Waals surface area (Å²) in [6, 6.07) is 10.5. The zero-order valence-corrected chi connectivity index (χ0v) is 10.4. The number of hydrogen-bond acceptors (Lipinski definition) is 2. The highest BCUT2D eigenvalue weighted by Gasteiger charge is 2.12. The molecule has 1 N–H and O–H groups in total. The maximum Gasteiger partial charge on any atom is 0.132 e. The Balaban J connectivity index is 2.19. The minimum atomic E-state index is -0.707. The van der Waals surface area contributed by atoms with Crippen LogP contribution in [0.1, 0.15) is 24.2 Å². The summed E-state index contributed by atoms with van der Waals surface area (Å²) in [5.41, 5.74) is 0.460. The summed E-state index contributed by atoms with van der Waals surface area (Å²) in [4.78, 5) is 0. The first-order valence-corrected chi connectivity index (χ1v) is 5.92. The van der Waals surface area contributed by atoms with Crippen LogP contribution < -0.4 is 4.74 Å². The molecule has 0 aliphatic heterocycles. The third kappa shape index (κ3) is 3.09. The van der Waals surface area contributed by atoms with Gasteiger partial charge < -0.3 is 9.84 Å². The Kier molecular flexibility index (Phi) is 4.12. The van der Waals surface area contributed by atoms with Crippen molar-refractivity contribution in [3.63, 3.8) is 0 Å². The maximum atomic E-state index is 13.4. The largest absolute Gasteiger partial charge is 0.488 e. The van der Waals surface area contributed by atoms with Gasteiger partial charge in [0.25, 0.3) is 0 Å². The van der Waals surface area contributed by atoms with E-state index in [4.69, 9.17) is 4.74 Å². The first kappa shape index (κ1) is 13.5. The second-order valence-corrected chi connectivity index (χ2v) is 4.20. The van der Waals surface area contributed by atoms with Crippen molar-refractivity contribution >= 4 is 0 Å². The highest BCUT2D eigenvalue weighted by Crippen LogP contribution is 2.26. The molecule has 0 spiro atoms. The molecule has 100 valence electrons. The standard InChI is InChI=1S/C15H14F2O2/c1-10(18)11-5-2-3-8-15(11)19-9-12-13(16)6-4-7-14(12)17/h2-8,10,18H,9H2,1H3/t10-/m1/s1. The lowest BCUT2D eigenvalue weighted by Gasteiger charge is -2.13. The van der Waals surface area contributed by atoms with Gasteiger partial charge >= 0.3 is 0 Å². The highest BCUT2D eigenvalue weighted by atomic mass is 19.1. The van der Waals surface area contributed by atoms with Crippen LogP contribution in [0.5, 0.6) is 5.75 Å². The van der Waals surface area contributed by atoms with Gasteiger partial charge in [-0.1, -0.05) is 24.3 Å². The fourth-order valence-corrected chi connectivity index (χ4v) is 1.78. The average Bonchev–Trinajstić information content (AvgIpc) is 2.38. The number of ether oxygens (including phenoxy) is 1. The van der Waals surface area contributed by atoms with Crippen molar-refractivity contribution in [1.29, 1.82) is 0 Å².